The van der Waals surface area contributed by atoms with Crippen LogP contribution in [0.1, 0.15) is 58.3 Å². The molecule has 1 rings (SSSR count). The fraction of sp³-hybridized carbons (Fsp3) is 0.650. The number of ketones is 1. The van der Waals surface area contributed by atoms with Crippen LogP contribution in [0.4, 0.5) is 4.79 Å². The molecule has 29 heavy (non-hydrogen) atoms. The number of aromatic nitrogens is 1. The van der Waals surface area contributed by atoms with E-state index in [0.29, 0.717) is 15.1 Å². The number of nitrogens with zero attached hydrogens (tertiary/aromatic N) is 1. The van der Waals surface area contributed by atoms with Crippen molar-refractivity contribution in [1.29, 1.82) is 0 Å². The number of halogens is 2. The Morgan fingerprint density at radius 3 is 2.31 bits per heavy atom. The molecule has 1 N–H and O–H groups in total. The first-order chi connectivity index (χ1) is 13.0. The lowest BCUT2D eigenvalue weighted by Crippen LogP contribution is -2.48. The summed E-state index contributed by atoms with van der Waals surface area (Å²) in [7, 11) is -2.18. The lowest BCUT2D eigenvalue weighted by atomic mass is 10.1. The normalized spacial score (nSPS) is 13.7. The zero-order valence-electron chi connectivity index (χ0n) is 18.5. The quantitative estimate of drug-likeness (QED) is 0.362. The Morgan fingerprint density at radius 1 is 1.21 bits per heavy atom. The van der Waals surface area contributed by atoms with Crippen LogP contribution in [0.15, 0.2) is 16.9 Å². The summed E-state index contributed by atoms with van der Waals surface area (Å²) in [5.41, 5.74) is -0.285. The molecule has 0 radical (unpaired) electrons. The fourth-order valence-electron chi connectivity index (χ4n) is 2.19. The van der Waals surface area contributed by atoms with Crippen LogP contribution < -0.4 is 5.32 Å². The molecule has 0 bridgehead atoms. The molecule has 1 atom stereocenters. The SMILES string of the molecule is CC(C)(C)OC(=O)NC[C@@H](CC(=O)c1cncc(Br)c1Cl)O[Si](C)(C)C(C)(C)C. The molecule has 0 saturated carbocycles. The number of pyridine rings is 1. The van der Waals surface area contributed by atoms with Gasteiger partial charge in [-0.15, -0.1) is 0 Å². The van der Waals surface area contributed by atoms with E-state index >= 15 is 0 Å². The lowest BCUT2D eigenvalue weighted by Gasteiger charge is -2.39. The molecule has 0 aliphatic rings. The van der Waals surface area contributed by atoms with Gasteiger partial charge in [0, 0.05) is 25.4 Å². The van der Waals surface area contributed by atoms with Gasteiger partial charge in [0.1, 0.15) is 5.60 Å². The van der Waals surface area contributed by atoms with E-state index < -0.39 is 26.1 Å². The van der Waals surface area contributed by atoms with Gasteiger partial charge in [-0.05, 0) is 54.8 Å². The second-order valence-electron chi connectivity index (χ2n) is 9.49. The first-order valence-electron chi connectivity index (χ1n) is 9.50. The molecule has 0 fully saturated rings. The number of rotatable bonds is 7. The van der Waals surface area contributed by atoms with Gasteiger partial charge in [0.25, 0.3) is 0 Å². The lowest BCUT2D eigenvalue weighted by molar-refractivity contribution is 0.0488. The zero-order valence-corrected chi connectivity index (χ0v) is 21.8. The molecule has 0 spiro atoms. The van der Waals surface area contributed by atoms with Crippen molar-refractivity contribution in [3.8, 4) is 0 Å². The maximum absolute atomic E-state index is 12.9. The summed E-state index contributed by atoms with van der Waals surface area (Å²) < 4.78 is 12.3. The Labute approximate surface area is 188 Å². The van der Waals surface area contributed by atoms with Gasteiger partial charge >= 0.3 is 6.09 Å². The highest BCUT2D eigenvalue weighted by Gasteiger charge is 2.39. The minimum Gasteiger partial charge on any atom is -0.444 e. The monoisotopic (exact) mass is 506 g/mol. The van der Waals surface area contributed by atoms with Crippen molar-refractivity contribution >= 4 is 47.7 Å². The summed E-state index contributed by atoms with van der Waals surface area (Å²) >= 11 is 9.54. The number of hydrogen-bond acceptors (Lipinski definition) is 5. The molecule has 0 aliphatic heterocycles. The highest BCUT2D eigenvalue weighted by atomic mass is 79.9. The van der Waals surface area contributed by atoms with Crippen LogP contribution >= 0.6 is 27.5 Å². The van der Waals surface area contributed by atoms with Gasteiger partial charge in [-0.2, -0.15) is 0 Å². The van der Waals surface area contributed by atoms with E-state index in [2.05, 4.69) is 60.1 Å². The Morgan fingerprint density at radius 2 is 1.79 bits per heavy atom. The number of Topliss-reactive ketones (excluding diaryl/α,β-unsaturated/α-hetero) is 1. The van der Waals surface area contributed by atoms with Crippen LogP contribution in [0.3, 0.4) is 0 Å². The third kappa shape index (κ3) is 8.36. The number of ether oxygens (including phenoxy) is 1. The van der Waals surface area contributed by atoms with E-state index in [1.165, 1.54) is 12.4 Å². The molecule has 0 aromatic carbocycles. The molecule has 164 valence electrons. The zero-order chi connectivity index (χ0) is 22.6. The van der Waals surface area contributed by atoms with E-state index in [1.54, 1.807) is 20.8 Å². The van der Waals surface area contributed by atoms with Gasteiger partial charge in [-0.25, -0.2) is 4.79 Å². The highest BCUT2D eigenvalue weighted by molar-refractivity contribution is 9.10. The first-order valence-corrected chi connectivity index (χ1v) is 13.6. The summed E-state index contributed by atoms with van der Waals surface area (Å²) in [6.07, 6.45) is 1.99. The summed E-state index contributed by atoms with van der Waals surface area (Å²) in [5, 5.41) is 2.99. The number of amides is 1. The number of carbonyl (C=O) groups is 2. The molecule has 0 aliphatic carbocycles. The van der Waals surface area contributed by atoms with E-state index in [9.17, 15) is 9.59 Å². The van der Waals surface area contributed by atoms with Gasteiger partial charge < -0.3 is 14.5 Å². The van der Waals surface area contributed by atoms with Gasteiger partial charge in [0.2, 0.25) is 0 Å². The van der Waals surface area contributed by atoms with Gasteiger partial charge in [0.05, 0.1) is 21.2 Å². The molecule has 0 unspecified atom stereocenters. The maximum atomic E-state index is 12.9. The predicted octanol–water partition coefficient (Wildman–Crippen LogP) is 5.99. The van der Waals surface area contributed by atoms with Crippen molar-refractivity contribution in [3.05, 3.63) is 27.5 Å². The molecule has 1 aromatic rings. The van der Waals surface area contributed by atoms with Gasteiger partial charge in [-0.1, -0.05) is 32.4 Å². The summed E-state index contributed by atoms with van der Waals surface area (Å²) in [5.74, 6) is -0.196. The van der Waals surface area contributed by atoms with E-state index in [0.717, 1.165) is 0 Å². The molecular formula is C20H32BrClN2O4Si. The van der Waals surface area contributed by atoms with Crippen LogP contribution in [-0.2, 0) is 9.16 Å². The van der Waals surface area contributed by atoms with Gasteiger partial charge in [0.15, 0.2) is 14.1 Å². The van der Waals surface area contributed by atoms with E-state index in [4.69, 9.17) is 20.8 Å². The Hall–Kier alpha value is -0.963. The molecule has 1 heterocycles. The average molecular weight is 508 g/mol. The average Bonchev–Trinajstić information content (AvgIpc) is 2.52. The van der Waals surface area contributed by atoms with Crippen LogP contribution in [0.5, 0.6) is 0 Å². The molecule has 0 saturated heterocycles. The van der Waals surface area contributed by atoms with Crippen molar-refractivity contribution in [2.75, 3.05) is 6.54 Å². The fourth-order valence-corrected chi connectivity index (χ4v) is 4.08. The first kappa shape index (κ1) is 26.1. The molecule has 6 nitrogen and oxygen atoms in total. The Balaban J connectivity index is 2.99. The third-order valence-corrected chi connectivity index (χ3v) is 10.5. The van der Waals surface area contributed by atoms with Crippen molar-refractivity contribution in [1.82, 2.24) is 10.3 Å². The molecule has 1 amide bonds. The Kier molecular flexibility index (Phi) is 8.90. The highest BCUT2D eigenvalue weighted by Crippen LogP contribution is 2.38. The smallest absolute Gasteiger partial charge is 0.407 e. The molecule has 1 aromatic heterocycles. The van der Waals surface area contributed by atoms with Crippen molar-refractivity contribution in [3.63, 3.8) is 0 Å². The predicted molar refractivity (Wildman–Crippen MR) is 122 cm³/mol. The number of alkyl carbamates (subject to hydrolysis) is 1. The Bertz CT molecular complexity index is 745. The molecular weight excluding hydrogens is 476 g/mol. The topological polar surface area (TPSA) is 77.5 Å². The summed E-state index contributed by atoms with van der Waals surface area (Å²) in [4.78, 5) is 29.0. The van der Waals surface area contributed by atoms with Crippen LogP contribution in [-0.4, -0.2) is 43.4 Å². The largest absolute Gasteiger partial charge is 0.444 e. The van der Waals surface area contributed by atoms with E-state index in [-0.39, 0.29) is 23.8 Å². The number of nitrogens with one attached hydrogen (secondary N) is 1. The van der Waals surface area contributed by atoms with Crippen LogP contribution in [0.2, 0.25) is 23.2 Å². The number of carbonyl (C=O) groups excluding carboxylic acids is 2. The van der Waals surface area contributed by atoms with Crippen LogP contribution in [0, 0.1) is 0 Å². The second-order valence-corrected chi connectivity index (χ2v) is 15.5. The number of hydrogen-bond donors (Lipinski definition) is 1. The second kappa shape index (κ2) is 9.90. The molecule has 9 heteroatoms. The maximum Gasteiger partial charge on any atom is 0.407 e. The van der Waals surface area contributed by atoms with E-state index in [1.807, 2.05) is 0 Å². The third-order valence-electron chi connectivity index (χ3n) is 4.69. The summed E-state index contributed by atoms with van der Waals surface area (Å²) in [6.45, 7) is 16.1. The van der Waals surface area contributed by atoms with Gasteiger partial charge in [-0.3, -0.25) is 9.78 Å². The van der Waals surface area contributed by atoms with Crippen molar-refractivity contribution in [2.24, 2.45) is 0 Å². The standard InChI is InChI=1S/C20H32BrClN2O4Si/c1-19(2,3)27-18(26)24-10-13(28-29(7,8)20(4,5)6)9-16(25)14-11-23-12-15(21)17(14)22/h11-13H,9-10H2,1-8H3,(H,24,26)/t13-/m1/s1. The van der Waals surface area contributed by atoms with Crippen LogP contribution in [0.25, 0.3) is 0 Å². The minimum atomic E-state index is -2.18. The summed E-state index contributed by atoms with van der Waals surface area (Å²) in [6, 6.07) is 0. The minimum absolute atomic E-state index is 0.0464. The van der Waals surface area contributed by atoms with Crippen molar-refractivity contribution in [2.45, 2.75) is 77.8 Å². The van der Waals surface area contributed by atoms with Crippen molar-refractivity contribution < 1.29 is 18.8 Å².